The van der Waals surface area contributed by atoms with Gasteiger partial charge in [-0.3, -0.25) is 9.69 Å². The molecule has 1 aromatic carbocycles. The molecule has 0 fully saturated rings. The fourth-order valence-corrected chi connectivity index (χ4v) is 3.18. The molecule has 1 heterocycles. The molecule has 1 N–H and O–H groups in total. The second kappa shape index (κ2) is 9.53. The van der Waals surface area contributed by atoms with E-state index in [0.717, 1.165) is 29.3 Å². The predicted octanol–water partition coefficient (Wildman–Crippen LogP) is 2.89. The van der Waals surface area contributed by atoms with Crippen molar-refractivity contribution in [2.45, 2.75) is 39.3 Å². The summed E-state index contributed by atoms with van der Waals surface area (Å²) in [5, 5.41) is 6.22. The minimum Gasteiger partial charge on any atom is -0.497 e. The lowest BCUT2D eigenvalue weighted by Gasteiger charge is -2.23. The van der Waals surface area contributed by atoms with E-state index in [1.807, 2.05) is 43.1 Å². The number of aromatic nitrogens is 1. The molecular formula is C19H27N3O2S. The Hall–Kier alpha value is -1.92. The number of likely N-dealkylation sites (N-methyl/N-ethyl adjacent to an activating group) is 1. The number of aryl methyl sites for hydroxylation is 1. The van der Waals surface area contributed by atoms with Gasteiger partial charge in [0.2, 0.25) is 5.91 Å². The van der Waals surface area contributed by atoms with Crippen LogP contribution in [0.4, 0.5) is 0 Å². The molecule has 0 radical (unpaired) electrons. The van der Waals surface area contributed by atoms with Crippen molar-refractivity contribution < 1.29 is 9.53 Å². The van der Waals surface area contributed by atoms with Crippen molar-refractivity contribution in [3.8, 4) is 5.75 Å². The van der Waals surface area contributed by atoms with Gasteiger partial charge >= 0.3 is 0 Å². The topological polar surface area (TPSA) is 54.5 Å². The average molecular weight is 362 g/mol. The molecular weight excluding hydrogens is 334 g/mol. The number of hydrogen-bond donors (Lipinski definition) is 1. The predicted molar refractivity (Wildman–Crippen MR) is 102 cm³/mol. The monoisotopic (exact) mass is 361 g/mol. The first-order chi connectivity index (χ1) is 12.0. The zero-order valence-corrected chi connectivity index (χ0v) is 16.2. The van der Waals surface area contributed by atoms with Crippen molar-refractivity contribution in [2.24, 2.45) is 0 Å². The van der Waals surface area contributed by atoms with Crippen LogP contribution in [0.15, 0.2) is 29.6 Å². The third-order valence-corrected chi connectivity index (χ3v) is 5.27. The van der Waals surface area contributed by atoms with Gasteiger partial charge in [-0.1, -0.05) is 19.1 Å². The van der Waals surface area contributed by atoms with Crippen LogP contribution in [0.2, 0.25) is 0 Å². The first-order valence-electron chi connectivity index (χ1n) is 8.57. The number of rotatable bonds is 9. The Bertz CT molecular complexity index is 670. The Morgan fingerprint density at radius 3 is 2.68 bits per heavy atom. The third-order valence-electron chi connectivity index (χ3n) is 4.23. The molecule has 2 aromatic rings. The number of nitrogens with one attached hydrogen (secondary N) is 1. The average Bonchev–Trinajstić information content (AvgIpc) is 3.09. The van der Waals surface area contributed by atoms with Gasteiger partial charge in [-0.25, -0.2) is 4.98 Å². The minimum absolute atomic E-state index is 0.0435. The van der Waals surface area contributed by atoms with E-state index in [9.17, 15) is 4.79 Å². The number of benzene rings is 1. The van der Waals surface area contributed by atoms with Gasteiger partial charge in [-0.05, 0) is 44.5 Å². The van der Waals surface area contributed by atoms with Crippen molar-refractivity contribution in [2.75, 3.05) is 20.7 Å². The second-order valence-electron chi connectivity index (χ2n) is 6.07. The van der Waals surface area contributed by atoms with Crippen LogP contribution in [0.3, 0.4) is 0 Å². The van der Waals surface area contributed by atoms with E-state index in [1.165, 1.54) is 5.56 Å². The van der Waals surface area contributed by atoms with E-state index < -0.39 is 0 Å². The standard InChI is InChI=1S/C19H27N3O2S/c1-5-18-21-16(13-25-18)12-22(3)14(2)19(23)20-11-10-15-6-8-17(24-4)9-7-15/h6-9,13-14H,5,10-12H2,1-4H3,(H,20,23). The van der Waals surface area contributed by atoms with Crippen LogP contribution in [0, 0.1) is 0 Å². The van der Waals surface area contributed by atoms with Gasteiger partial charge in [-0.2, -0.15) is 0 Å². The number of amides is 1. The zero-order chi connectivity index (χ0) is 18.2. The van der Waals surface area contributed by atoms with Gasteiger partial charge in [0.25, 0.3) is 0 Å². The molecule has 0 aliphatic rings. The molecule has 0 aliphatic heterocycles. The first-order valence-corrected chi connectivity index (χ1v) is 9.45. The Balaban J connectivity index is 1.76. The number of ether oxygens (including phenoxy) is 1. The summed E-state index contributed by atoms with van der Waals surface area (Å²) >= 11 is 1.68. The molecule has 0 spiro atoms. The molecule has 136 valence electrons. The molecule has 0 saturated carbocycles. The summed E-state index contributed by atoms with van der Waals surface area (Å²) in [7, 11) is 3.61. The van der Waals surface area contributed by atoms with Gasteiger partial charge in [0.05, 0.1) is 23.9 Å². The van der Waals surface area contributed by atoms with E-state index in [2.05, 4.69) is 22.6 Å². The second-order valence-corrected chi connectivity index (χ2v) is 7.01. The molecule has 0 aliphatic carbocycles. The Labute approximate surface area is 154 Å². The van der Waals surface area contributed by atoms with E-state index in [1.54, 1.807) is 18.4 Å². The van der Waals surface area contributed by atoms with E-state index in [4.69, 9.17) is 4.74 Å². The number of carbonyl (C=O) groups excluding carboxylic acids is 1. The summed E-state index contributed by atoms with van der Waals surface area (Å²) in [6.45, 7) is 5.34. The normalized spacial score (nSPS) is 12.2. The van der Waals surface area contributed by atoms with E-state index >= 15 is 0 Å². The summed E-state index contributed by atoms with van der Waals surface area (Å²) in [4.78, 5) is 18.9. The number of carbonyl (C=O) groups is 1. The van der Waals surface area contributed by atoms with Crippen molar-refractivity contribution >= 4 is 17.2 Å². The van der Waals surface area contributed by atoms with Gasteiger partial charge in [-0.15, -0.1) is 11.3 Å². The fourth-order valence-electron chi connectivity index (χ4n) is 2.45. The molecule has 1 amide bonds. The summed E-state index contributed by atoms with van der Waals surface area (Å²) in [6.07, 6.45) is 1.76. The van der Waals surface area contributed by atoms with E-state index in [0.29, 0.717) is 13.1 Å². The van der Waals surface area contributed by atoms with Crippen LogP contribution in [0.25, 0.3) is 0 Å². The summed E-state index contributed by atoms with van der Waals surface area (Å²) in [5.41, 5.74) is 2.21. The highest BCUT2D eigenvalue weighted by Crippen LogP contribution is 2.13. The van der Waals surface area contributed by atoms with Crippen LogP contribution in [-0.4, -0.2) is 42.5 Å². The van der Waals surface area contributed by atoms with Crippen LogP contribution in [-0.2, 0) is 24.2 Å². The minimum atomic E-state index is -0.192. The SMILES string of the molecule is CCc1nc(CN(C)C(C)C(=O)NCCc2ccc(OC)cc2)cs1. The highest BCUT2D eigenvalue weighted by atomic mass is 32.1. The summed E-state index contributed by atoms with van der Waals surface area (Å²) < 4.78 is 5.15. The number of hydrogen-bond acceptors (Lipinski definition) is 5. The molecule has 5 nitrogen and oxygen atoms in total. The maximum Gasteiger partial charge on any atom is 0.237 e. The zero-order valence-electron chi connectivity index (χ0n) is 15.4. The molecule has 2 rings (SSSR count). The molecule has 6 heteroatoms. The Morgan fingerprint density at radius 2 is 2.08 bits per heavy atom. The molecule has 0 saturated heterocycles. The Kier molecular flexibility index (Phi) is 7.40. The fraction of sp³-hybridized carbons (Fsp3) is 0.474. The molecule has 0 bridgehead atoms. The lowest BCUT2D eigenvalue weighted by Crippen LogP contribution is -2.43. The quantitative estimate of drug-likeness (QED) is 0.746. The van der Waals surface area contributed by atoms with Crippen LogP contribution >= 0.6 is 11.3 Å². The molecule has 25 heavy (non-hydrogen) atoms. The van der Waals surface area contributed by atoms with Gasteiger partial charge in [0.1, 0.15) is 5.75 Å². The highest BCUT2D eigenvalue weighted by molar-refractivity contribution is 7.09. The lowest BCUT2D eigenvalue weighted by molar-refractivity contribution is -0.125. The number of thiazole rings is 1. The maximum atomic E-state index is 12.3. The number of nitrogens with zero attached hydrogens (tertiary/aromatic N) is 2. The summed E-state index contributed by atoms with van der Waals surface area (Å²) in [6, 6.07) is 7.72. The van der Waals surface area contributed by atoms with Crippen molar-refractivity contribution in [1.82, 2.24) is 15.2 Å². The first kappa shape index (κ1) is 19.4. The largest absolute Gasteiger partial charge is 0.497 e. The third kappa shape index (κ3) is 5.83. The summed E-state index contributed by atoms with van der Waals surface area (Å²) in [5.74, 6) is 0.887. The molecule has 1 unspecified atom stereocenters. The smallest absolute Gasteiger partial charge is 0.237 e. The van der Waals surface area contributed by atoms with Crippen molar-refractivity contribution in [3.63, 3.8) is 0 Å². The van der Waals surface area contributed by atoms with Crippen molar-refractivity contribution in [3.05, 3.63) is 45.9 Å². The van der Waals surface area contributed by atoms with Crippen LogP contribution in [0.5, 0.6) is 5.75 Å². The lowest BCUT2D eigenvalue weighted by atomic mass is 10.1. The maximum absolute atomic E-state index is 12.3. The molecule has 1 aromatic heterocycles. The van der Waals surface area contributed by atoms with E-state index in [-0.39, 0.29) is 11.9 Å². The van der Waals surface area contributed by atoms with Crippen LogP contribution < -0.4 is 10.1 Å². The molecule has 1 atom stereocenters. The Morgan fingerprint density at radius 1 is 1.36 bits per heavy atom. The van der Waals surface area contributed by atoms with Gasteiger partial charge in [0, 0.05) is 18.5 Å². The number of methoxy groups -OCH3 is 1. The highest BCUT2D eigenvalue weighted by Gasteiger charge is 2.18. The van der Waals surface area contributed by atoms with Crippen LogP contribution in [0.1, 0.15) is 30.1 Å². The van der Waals surface area contributed by atoms with Gasteiger partial charge in [0.15, 0.2) is 0 Å². The van der Waals surface area contributed by atoms with Gasteiger partial charge < -0.3 is 10.1 Å². The van der Waals surface area contributed by atoms with Crippen molar-refractivity contribution in [1.29, 1.82) is 0 Å².